The Labute approximate surface area is 195 Å². The van der Waals surface area contributed by atoms with Gasteiger partial charge in [0.1, 0.15) is 17.2 Å². The number of para-hydroxylation sites is 2. The number of H-pyrrole nitrogens is 1. The second kappa shape index (κ2) is 11.2. The van der Waals surface area contributed by atoms with Crippen molar-refractivity contribution in [2.75, 3.05) is 6.54 Å². The smallest absolute Gasteiger partial charge is 0.269 e. The van der Waals surface area contributed by atoms with Crippen molar-refractivity contribution in [1.29, 1.82) is 5.26 Å². The highest BCUT2D eigenvalue weighted by molar-refractivity contribution is 5.93. The number of hydrogen-bond acceptors (Lipinski definition) is 5. The van der Waals surface area contributed by atoms with Crippen LogP contribution < -0.4 is 10.1 Å². The van der Waals surface area contributed by atoms with Crippen LogP contribution in [0, 0.1) is 17.4 Å². The van der Waals surface area contributed by atoms with Crippen LogP contribution in [0.2, 0.25) is 0 Å². The molecular weight excluding hydrogens is 414 g/mol. The van der Waals surface area contributed by atoms with Crippen LogP contribution in [0.3, 0.4) is 0 Å². The maximum Gasteiger partial charge on any atom is 0.269 e. The summed E-state index contributed by atoms with van der Waals surface area (Å²) in [5.41, 5.74) is 1.82. The molecule has 0 spiro atoms. The van der Waals surface area contributed by atoms with Crippen molar-refractivity contribution in [2.45, 2.75) is 46.2 Å². The molecule has 2 aliphatic rings. The summed E-state index contributed by atoms with van der Waals surface area (Å²) < 4.78 is 5.99. The summed E-state index contributed by atoms with van der Waals surface area (Å²) in [4.78, 5) is 14.4. The van der Waals surface area contributed by atoms with Crippen molar-refractivity contribution >= 4 is 5.91 Å². The van der Waals surface area contributed by atoms with Crippen LogP contribution in [0.15, 0.2) is 60.7 Å². The summed E-state index contributed by atoms with van der Waals surface area (Å²) in [5, 5.41) is 19.3. The van der Waals surface area contributed by atoms with Crippen LogP contribution in [0.25, 0.3) is 11.3 Å². The Morgan fingerprint density at radius 3 is 2.52 bits per heavy atom. The van der Waals surface area contributed by atoms with E-state index in [1.165, 1.54) is 0 Å². The normalized spacial score (nSPS) is 19.6. The van der Waals surface area contributed by atoms with E-state index in [1.54, 1.807) is 11.0 Å². The molecule has 2 fully saturated rings. The number of ether oxygens (including phenoxy) is 1. The lowest BCUT2D eigenvalue weighted by Gasteiger charge is -2.15. The summed E-state index contributed by atoms with van der Waals surface area (Å²) in [7, 11) is 0. The van der Waals surface area contributed by atoms with Gasteiger partial charge < -0.3 is 15.0 Å². The highest BCUT2D eigenvalue weighted by Gasteiger charge is 2.54. The molecule has 1 saturated carbocycles. The van der Waals surface area contributed by atoms with Gasteiger partial charge in [-0.2, -0.15) is 10.4 Å². The Balaban J connectivity index is 0.000000728. The maximum absolute atomic E-state index is 12.7. The third-order valence-electron chi connectivity index (χ3n) is 5.52. The molecule has 7 nitrogen and oxygen atoms in total. The molecule has 2 N–H and O–H groups in total. The molecule has 1 aromatic heterocycles. The highest BCUT2D eigenvalue weighted by atomic mass is 16.5. The topological polar surface area (TPSA) is 94.0 Å². The monoisotopic (exact) mass is 445 g/mol. The van der Waals surface area contributed by atoms with E-state index >= 15 is 0 Å². The SMILES string of the molecule is CC.CC.N#CN1CC(NC(=O)c2cc(-c3ccccc3Oc3ccccc3)n[nH]2)C2CC21. The standard InChI is InChI=1S/C22H19N5O2.2C2H6/c23-13-27-12-19(16-10-20(16)27)24-22(28)18-11-17(25-26-18)15-8-4-5-9-21(15)29-14-6-2-1-3-7-14;2*1-2/h1-9,11,16,19-20H,10,12H2,(H,24,28)(H,25,26);2*1-2H3. The van der Waals surface area contributed by atoms with Crippen molar-refractivity contribution < 1.29 is 9.53 Å². The van der Waals surface area contributed by atoms with Crippen LogP contribution in [0.1, 0.15) is 44.6 Å². The number of aromatic amines is 1. The quantitative estimate of drug-likeness (QED) is 0.526. The summed E-state index contributed by atoms with van der Waals surface area (Å²) in [6.07, 6.45) is 3.17. The van der Waals surface area contributed by atoms with Crippen molar-refractivity contribution in [3.63, 3.8) is 0 Å². The number of hydrogen-bond donors (Lipinski definition) is 2. The van der Waals surface area contributed by atoms with E-state index in [0.717, 1.165) is 17.7 Å². The lowest BCUT2D eigenvalue weighted by molar-refractivity contribution is 0.0928. The first-order chi connectivity index (χ1) is 16.2. The van der Waals surface area contributed by atoms with Gasteiger partial charge in [-0.1, -0.05) is 58.0 Å². The number of likely N-dealkylation sites (tertiary alicyclic amines) is 1. The number of rotatable bonds is 5. The van der Waals surface area contributed by atoms with E-state index < -0.39 is 0 Å². The maximum atomic E-state index is 12.7. The molecular formula is C26H31N5O2. The van der Waals surface area contributed by atoms with Gasteiger partial charge in [0, 0.05) is 24.1 Å². The molecule has 1 aliphatic heterocycles. The van der Waals surface area contributed by atoms with Gasteiger partial charge in [0.15, 0.2) is 6.19 Å². The predicted octanol–water partition coefficient (Wildman–Crippen LogP) is 5.20. The van der Waals surface area contributed by atoms with Crippen LogP contribution in [0.5, 0.6) is 11.5 Å². The number of carbonyl (C=O) groups is 1. The number of nitrogens with one attached hydrogen (secondary N) is 2. The lowest BCUT2D eigenvalue weighted by atomic mass is 10.1. The largest absolute Gasteiger partial charge is 0.457 e. The molecule has 3 atom stereocenters. The Bertz CT molecular complexity index is 1090. The fraction of sp³-hybridized carbons (Fsp3) is 0.346. The minimum absolute atomic E-state index is 0.00704. The number of nitriles is 1. The van der Waals surface area contributed by atoms with E-state index in [0.29, 0.717) is 35.6 Å². The van der Waals surface area contributed by atoms with Gasteiger partial charge in [-0.3, -0.25) is 9.89 Å². The number of benzene rings is 2. The zero-order chi connectivity index (χ0) is 23.8. The minimum atomic E-state index is -0.208. The van der Waals surface area contributed by atoms with Gasteiger partial charge in [-0.15, -0.1) is 0 Å². The summed E-state index contributed by atoms with van der Waals surface area (Å²) in [6, 6.07) is 19.1. The van der Waals surface area contributed by atoms with Crippen molar-refractivity contribution in [3.8, 4) is 28.9 Å². The summed E-state index contributed by atoms with van der Waals surface area (Å²) in [6.45, 7) is 8.58. The van der Waals surface area contributed by atoms with Crippen molar-refractivity contribution in [1.82, 2.24) is 20.4 Å². The predicted molar refractivity (Wildman–Crippen MR) is 129 cm³/mol. The Kier molecular flexibility index (Phi) is 8.09. The van der Waals surface area contributed by atoms with E-state index in [9.17, 15) is 4.79 Å². The molecule has 3 aromatic rings. The molecule has 1 saturated heterocycles. The van der Waals surface area contributed by atoms with E-state index in [2.05, 4.69) is 21.7 Å². The fourth-order valence-electron chi connectivity index (χ4n) is 3.95. The van der Waals surface area contributed by atoms with Crippen molar-refractivity contribution in [3.05, 3.63) is 66.4 Å². The molecule has 2 heterocycles. The second-order valence-electron chi connectivity index (χ2n) is 7.38. The second-order valence-corrected chi connectivity index (χ2v) is 7.38. The van der Waals surface area contributed by atoms with Crippen molar-refractivity contribution in [2.24, 2.45) is 5.92 Å². The Morgan fingerprint density at radius 2 is 1.82 bits per heavy atom. The molecule has 172 valence electrons. The lowest BCUT2D eigenvalue weighted by Crippen LogP contribution is -2.39. The zero-order valence-corrected chi connectivity index (χ0v) is 19.6. The number of carbonyl (C=O) groups excluding carboxylic acids is 1. The molecule has 1 amide bonds. The van der Waals surface area contributed by atoms with Gasteiger partial charge in [0.2, 0.25) is 0 Å². The van der Waals surface area contributed by atoms with Gasteiger partial charge in [-0.25, -0.2) is 0 Å². The minimum Gasteiger partial charge on any atom is -0.457 e. The third-order valence-corrected chi connectivity index (χ3v) is 5.52. The summed E-state index contributed by atoms with van der Waals surface area (Å²) in [5.74, 6) is 1.57. The molecule has 33 heavy (non-hydrogen) atoms. The Morgan fingerprint density at radius 1 is 1.12 bits per heavy atom. The highest BCUT2D eigenvalue weighted by Crippen LogP contribution is 2.44. The van der Waals surface area contributed by atoms with Gasteiger partial charge in [0.25, 0.3) is 5.91 Å². The average Bonchev–Trinajstić information content (AvgIpc) is 3.37. The zero-order valence-electron chi connectivity index (χ0n) is 19.6. The van der Waals surface area contributed by atoms with Crippen LogP contribution in [-0.4, -0.2) is 39.6 Å². The van der Waals surface area contributed by atoms with Gasteiger partial charge in [0.05, 0.1) is 11.7 Å². The molecule has 3 unspecified atom stereocenters. The molecule has 5 rings (SSSR count). The number of nitrogens with zero attached hydrogens (tertiary/aromatic N) is 3. The molecule has 7 heteroatoms. The van der Waals surface area contributed by atoms with E-state index in [4.69, 9.17) is 10.00 Å². The Hall–Kier alpha value is -3.79. The van der Waals surface area contributed by atoms with Crippen LogP contribution in [0.4, 0.5) is 0 Å². The van der Waals surface area contributed by atoms with Gasteiger partial charge in [-0.05, 0) is 36.8 Å². The molecule has 0 radical (unpaired) electrons. The summed E-state index contributed by atoms with van der Waals surface area (Å²) >= 11 is 0. The van der Waals surface area contributed by atoms with Gasteiger partial charge >= 0.3 is 0 Å². The van der Waals surface area contributed by atoms with E-state index in [-0.39, 0.29) is 11.9 Å². The number of amides is 1. The molecule has 1 aliphatic carbocycles. The fourth-order valence-corrected chi connectivity index (χ4v) is 3.95. The molecule has 0 bridgehead atoms. The average molecular weight is 446 g/mol. The van der Waals surface area contributed by atoms with E-state index in [1.807, 2.05) is 82.3 Å². The van der Waals surface area contributed by atoms with Crippen LogP contribution in [-0.2, 0) is 0 Å². The number of aromatic nitrogens is 2. The number of fused-ring (bicyclic) bond motifs is 1. The molecule has 2 aromatic carbocycles. The first-order valence-electron chi connectivity index (χ1n) is 11.6. The first kappa shape index (κ1) is 23.9. The third kappa shape index (κ3) is 5.35. The first-order valence-corrected chi connectivity index (χ1v) is 11.6. The number of piperidine rings is 1. The van der Waals surface area contributed by atoms with Crippen LogP contribution >= 0.6 is 0 Å².